The highest BCUT2D eigenvalue weighted by atomic mass is 16.5. The van der Waals surface area contributed by atoms with Crippen LogP contribution in [0.2, 0.25) is 0 Å². The Balaban J connectivity index is 1.58. The molecule has 0 aromatic carbocycles. The van der Waals surface area contributed by atoms with E-state index in [4.69, 9.17) is 4.74 Å². The molecule has 2 aliphatic heterocycles. The lowest BCUT2D eigenvalue weighted by Gasteiger charge is -2.36. The van der Waals surface area contributed by atoms with Crippen molar-refractivity contribution >= 4 is 17.8 Å². The first-order chi connectivity index (χ1) is 11.0. The minimum absolute atomic E-state index is 0.0479. The summed E-state index contributed by atoms with van der Waals surface area (Å²) in [5.74, 6) is -0.459. The third-order valence-electron chi connectivity index (χ3n) is 5.35. The summed E-state index contributed by atoms with van der Waals surface area (Å²) in [6.45, 7) is 2.95. The first kappa shape index (κ1) is 16.2. The Morgan fingerprint density at radius 2 is 2.17 bits per heavy atom. The molecule has 1 aliphatic carbocycles. The maximum absolute atomic E-state index is 12.7. The van der Waals surface area contributed by atoms with E-state index in [2.05, 4.69) is 10.6 Å². The van der Waals surface area contributed by atoms with E-state index >= 15 is 0 Å². The summed E-state index contributed by atoms with van der Waals surface area (Å²) in [7, 11) is 0. The number of carbonyl (C=O) groups excluding carboxylic acids is 3. The van der Waals surface area contributed by atoms with Crippen molar-refractivity contribution in [1.82, 2.24) is 15.5 Å². The smallest absolute Gasteiger partial charge is 0.325 e. The average molecular weight is 323 g/mol. The predicted molar refractivity (Wildman–Crippen MR) is 82.6 cm³/mol. The van der Waals surface area contributed by atoms with E-state index in [1.54, 1.807) is 0 Å². The number of hydrogen-bond donors (Lipinski definition) is 2. The number of imide groups is 1. The number of ether oxygens (including phenoxy) is 1. The van der Waals surface area contributed by atoms with E-state index in [0.717, 1.165) is 43.6 Å². The highest BCUT2D eigenvalue weighted by Crippen LogP contribution is 2.38. The Kier molecular flexibility index (Phi) is 4.57. The normalized spacial score (nSPS) is 34.0. The minimum Gasteiger partial charge on any atom is -0.376 e. The lowest BCUT2D eigenvalue weighted by molar-refractivity contribution is -0.137. The first-order valence-corrected chi connectivity index (χ1v) is 8.55. The number of nitrogens with one attached hydrogen (secondary N) is 2. The van der Waals surface area contributed by atoms with Gasteiger partial charge in [-0.1, -0.05) is 19.8 Å². The van der Waals surface area contributed by atoms with Crippen LogP contribution in [0.5, 0.6) is 0 Å². The van der Waals surface area contributed by atoms with E-state index in [0.29, 0.717) is 13.0 Å². The van der Waals surface area contributed by atoms with Crippen LogP contribution in [0.15, 0.2) is 0 Å². The number of hydrogen-bond acceptors (Lipinski definition) is 4. The largest absolute Gasteiger partial charge is 0.376 e. The fourth-order valence-corrected chi connectivity index (χ4v) is 3.87. The van der Waals surface area contributed by atoms with Gasteiger partial charge in [-0.25, -0.2) is 4.79 Å². The van der Waals surface area contributed by atoms with Crippen LogP contribution in [0.4, 0.5) is 4.79 Å². The molecule has 0 aromatic heterocycles. The second kappa shape index (κ2) is 6.47. The summed E-state index contributed by atoms with van der Waals surface area (Å²) >= 11 is 0. The standard InChI is InChI=1S/C16H25N3O4/c1-11-5-2-3-7-16(11)14(21)19(15(22)18-16)10-13(20)17-9-12-6-4-8-23-12/h11-12H,2-10H2,1H3,(H,17,20)(H,18,22)/t11-,12-,16+/m1/s1. The zero-order valence-corrected chi connectivity index (χ0v) is 13.6. The van der Waals surface area contributed by atoms with Crippen LogP contribution < -0.4 is 10.6 Å². The number of nitrogens with zero attached hydrogens (tertiary/aromatic N) is 1. The molecule has 2 heterocycles. The lowest BCUT2D eigenvalue weighted by Crippen LogP contribution is -2.54. The Bertz CT molecular complexity index is 504. The molecule has 2 N–H and O–H groups in total. The van der Waals surface area contributed by atoms with Crippen molar-refractivity contribution in [2.75, 3.05) is 19.7 Å². The Morgan fingerprint density at radius 3 is 2.87 bits per heavy atom. The molecule has 1 spiro atoms. The van der Waals surface area contributed by atoms with Gasteiger partial charge >= 0.3 is 6.03 Å². The van der Waals surface area contributed by atoms with Crippen molar-refractivity contribution in [3.05, 3.63) is 0 Å². The molecule has 23 heavy (non-hydrogen) atoms. The van der Waals surface area contributed by atoms with Gasteiger partial charge in [-0.05, 0) is 31.6 Å². The molecule has 128 valence electrons. The Hall–Kier alpha value is -1.63. The van der Waals surface area contributed by atoms with Gasteiger partial charge in [-0.15, -0.1) is 0 Å². The van der Waals surface area contributed by atoms with E-state index < -0.39 is 11.6 Å². The van der Waals surface area contributed by atoms with Gasteiger partial charge in [0.1, 0.15) is 12.1 Å². The van der Waals surface area contributed by atoms with E-state index in [1.165, 1.54) is 0 Å². The van der Waals surface area contributed by atoms with Gasteiger partial charge in [0, 0.05) is 13.2 Å². The molecule has 3 atom stereocenters. The van der Waals surface area contributed by atoms with E-state index in [1.807, 2.05) is 6.92 Å². The van der Waals surface area contributed by atoms with Crippen LogP contribution in [0, 0.1) is 5.92 Å². The second-order valence-corrected chi connectivity index (χ2v) is 6.88. The molecule has 7 heteroatoms. The molecule has 0 bridgehead atoms. The molecule has 0 radical (unpaired) electrons. The summed E-state index contributed by atoms with van der Waals surface area (Å²) in [4.78, 5) is 38.0. The maximum Gasteiger partial charge on any atom is 0.325 e. The third kappa shape index (κ3) is 3.06. The Labute approximate surface area is 136 Å². The molecular formula is C16H25N3O4. The summed E-state index contributed by atoms with van der Waals surface area (Å²) in [5.41, 5.74) is -0.801. The monoisotopic (exact) mass is 323 g/mol. The summed E-state index contributed by atoms with van der Waals surface area (Å²) in [6.07, 6.45) is 5.57. The highest BCUT2D eigenvalue weighted by molar-refractivity contribution is 6.09. The number of amides is 4. The quantitative estimate of drug-likeness (QED) is 0.749. The van der Waals surface area contributed by atoms with Crippen LogP contribution in [0.3, 0.4) is 0 Å². The van der Waals surface area contributed by atoms with Gasteiger partial charge in [0.15, 0.2) is 0 Å². The number of rotatable bonds is 4. The second-order valence-electron chi connectivity index (χ2n) is 6.88. The first-order valence-electron chi connectivity index (χ1n) is 8.55. The fraction of sp³-hybridized carbons (Fsp3) is 0.812. The summed E-state index contributed by atoms with van der Waals surface area (Å²) in [5, 5.41) is 5.61. The van der Waals surface area contributed by atoms with Crippen LogP contribution in [-0.4, -0.2) is 54.1 Å². The molecule has 3 fully saturated rings. The molecule has 0 aromatic rings. The molecule has 3 rings (SSSR count). The van der Waals surface area contributed by atoms with Crippen molar-refractivity contribution in [3.63, 3.8) is 0 Å². The van der Waals surface area contributed by atoms with Gasteiger partial charge in [0.25, 0.3) is 5.91 Å². The topological polar surface area (TPSA) is 87.7 Å². The van der Waals surface area contributed by atoms with Crippen molar-refractivity contribution in [1.29, 1.82) is 0 Å². The van der Waals surface area contributed by atoms with Gasteiger partial charge in [-0.2, -0.15) is 0 Å². The lowest BCUT2D eigenvalue weighted by atomic mass is 9.73. The number of carbonyl (C=O) groups is 3. The molecule has 7 nitrogen and oxygen atoms in total. The van der Waals surface area contributed by atoms with Crippen LogP contribution in [-0.2, 0) is 14.3 Å². The molecule has 1 saturated carbocycles. The van der Waals surface area contributed by atoms with E-state index in [9.17, 15) is 14.4 Å². The molecular weight excluding hydrogens is 298 g/mol. The molecule has 3 aliphatic rings. The van der Waals surface area contributed by atoms with Gasteiger partial charge in [0.05, 0.1) is 6.10 Å². The van der Waals surface area contributed by atoms with Gasteiger partial charge in [-0.3, -0.25) is 14.5 Å². The molecule has 2 saturated heterocycles. The van der Waals surface area contributed by atoms with Gasteiger partial charge < -0.3 is 15.4 Å². The Morgan fingerprint density at radius 1 is 1.35 bits per heavy atom. The van der Waals surface area contributed by atoms with Crippen molar-refractivity contribution in [2.24, 2.45) is 5.92 Å². The van der Waals surface area contributed by atoms with Crippen molar-refractivity contribution in [2.45, 2.75) is 57.1 Å². The summed E-state index contributed by atoms with van der Waals surface area (Å²) in [6, 6.07) is -0.448. The molecule has 0 unspecified atom stereocenters. The zero-order chi connectivity index (χ0) is 16.4. The van der Waals surface area contributed by atoms with Crippen LogP contribution in [0.25, 0.3) is 0 Å². The maximum atomic E-state index is 12.7. The van der Waals surface area contributed by atoms with Crippen LogP contribution >= 0.6 is 0 Å². The van der Waals surface area contributed by atoms with Crippen LogP contribution in [0.1, 0.15) is 45.4 Å². The molecule has 4 amide bonds. The highest BCUT2D eigenvalue weighted by Gasteiger charge is 2.55. The predicted octanol–water partition coefficient (Wildman–Crippen LogP) is 0.782. The van der Waals surface area contributed by atoms with Gasteiger partial charge in [0.2, 0.25) is 5.91 Å². The van der Waals surface area contributed by atoms with E-state index in [-0.39, 0.29) is 30.4 Å². The minimum atomic E-state index is -0.801. The summed E-state index contributed by atoms with van der Waals surface area (Å²) < 4.78 is 5.45. The fourth-order valence-electron chi connectivity index (χ4n) is 3.87. The zero-order valence-electron chi connectivity index (χ0n) is 13.6. The SMILES string of the molecule is C[C@@H]1CCCC[C@]12NC(=O)N(CC(=O)NC[C@H]1CCCO1)C2=O. The van der Waals surface area contributed by atoms with Crippen molar-refractivity contribution < 1.29 is 19.1 Å². The number of urea groups is 1. The third-order valence-corrected chi connectivity index (χ3v) is 5.35. The average Bonchev–Trinajstić information content (AvgIpc) is 3.12. The van der Waals surface area contributed by atoms with Crippen molar-refractivity contribution in [3.8, 4) is 0 Å².